The monoisotopic (exact) mass is 271 g/mol. The fourth-order valence-corrected chi connectivity index (χ4v) is 4.66. The number of thioether (sulfide) groups is 1. The quantitative estimate of drug-likeness (QED) is 0.800. The Morgan fingerprint density at radius 1 is 1.11 bits per heavy atom. The molecule has 1 unspecified atom stereocenters. The molecule has 4 heteroatoms. The van der Waals surface area contributed by atoms with Crippen molar-refractivity contribution in [1.82, 2.24) is 5.48 Å². The maximum absolute atomic E-state index is 6.10. The van der Waals surface area contributed by atoms with Gasteiger partial charge in [0.05, 0.1) is 11.7 Å². The Hall–Kier alpha value is 0.230. The molecule has 0 aromatic heterocycles. The second-order valence-electron chi connectivity index (χ2n) is 5.98. The first-order valence-electron chi connectivity index (χ1n) is 7.49. The van der Waals surface area contributed by atoms with Crippen molar-refractivity contribution in [3.63, 3.8) is 0 Å². The Bertz CT molecular complexity index is 257. The van der Waals surface area contributed by atoms with Gasteiger partial charge < -0.3 is 4.74 Å². The van der Waals surface area contributed by atoms with E-state index in [1.54, 1.807) is 0 Å². The van der Waals surface area contributed by atoms with Crippen LogP contribution >= 0.6 is 11.8 Å². The molecule has 3 aliphatic rings. The first-order valence-corrected chi connectivity index (χ1v) is 8.65. The molecule has 3 rings (SSSR count). The number of nitrogens with one attached hydrogen (secondary N) is 1. The molecular formula is C14H25NO2S. The molecule has 1 aliphatic carbocycles. The number of hydroxylamine groups is 1. The van der Waals surface area contributed by atoms with E-state index in [4.69, 9.17) is 9.57 Å². The van der Waals surface area contributed by atoms with Crippen LogP contribution in [0.3, 0.4) is 0 Å². The number of ether oxygens (including phenoxy) is 1. The average Bonchev–Trinajstić information content (AvgIpc) is 2.91. The van der Waals surface area contributed by atoms with E-state index in [0.29, 0.717) is 12.1 Å². The van der Waals surface area contributed by atoms with Crippen LogP contribution in [-0.4, -0.2) is 35.9 Å². The molecule has 0 aromatic rings. The van der Waals surface area contributed by atoms with E-state index in [1.807, 2.05) is 0 Å². The van der Waals surface area contributed by atoms with Gasteiger partial charge in [-0.2, -0.15) is 17.2 Å². The van der Waals surface area contributed by atoms with Crippen molar-refractivity contribution in [3.8, 4) is 0 Å². The molecule has 3 fully saturated rings. The van der Waals surface area contributed by atoms with E-state index in [-0.39, 0.29) is 5.60 Å². The highest BCUT2D eigenvalue weighted by Gasteiger charge is 2.39. The van der Waals surface area contributed by atoms with Crippen molar-refractivity contribution in [2.75, 3.05) is 18.1 Å². The van der Waals surface area contributed by atoms with Crippen molar-refractivity contribution in [2.45, 2.75) is 69.1 Å². The summed E-state index contributed by atoms with van der Waals surface area (Å²) in [6.07, 6.45) is 10.3. The van der Waals surface area contributed by atoms with E-state index < -0.39 is 0 Å². The summed E-state index contributed by atoms with van der Waals surface area (Å²) in [7, 11) is 0. The first kappa shape index (κ1) is 13.2. The van der Waals surface area contributed by atoms with Crippen LogP contribution in [-0.2, 0) is 9.57 Å². The van der Waals surface area contributed by atoms with E-state index in [1.165, 1.54) is 50.0 Å². The molecule has 1 atom stereocenters. The Kier molecular flexibility index (Phi) is 4.50. The number of rotatable bonds is 3. The highest BCUT2D eigenvalue weighted by Crippen LogP contribution is 2.37. The molecule has 2 saturated heterocycles. The zero-order chi connectivity index (χ0) is 12.3. The highest BCUT2D eigenvalue weighted by molar-refractivity contribution is 7.99. The number of hydrogen-bond donors (Lipinski definition) is 1. The summed E-state index contributed by atoms with van der Waals surface area (Å²) in [5.41, 5.74) is 3.52. The van der Waals surface area contributed by atoms with Crippen molar-refractivity contribution < 1.29 is 9.57 Å². The predicted molar refractivity (Wildman–Crippen MR) is 74.7 cm³/mol. The third-order valence-electron chi connectivity index (χ3n) is 4.60. The van der Waals surface area contributed by atoms with Crippen LogP contribution in [0.4, 0.5) is 0 Å². The lowest BCUT2D eigenvalue weighted by Gasteiger charge is -2.43. The molecule has 1 saturated carbocycles. The van der Waals surface area contributed by atoms with Gasteiger partial charge in [-0.25, -0.2) is 0 Å². The lowest BCUT2D eigenvalue weighted by atomic mass is 9.86. The molecule has 0 bridgehead atoms. The molecular weight excluding hydrogens is 246 g/mol. The van der Waals surface area contributed by atoms with Gasteiger partial charge in [-0.3, -0.25) is 4.84 Å². The SMILES string of the molecule is C1CCC(ONC2CCOC3(CCSCC3)C2)C1. The van der Waals surface area contributed by atoms with Gasteiger partial charge in [-0.15, -0.1) is 0 Å². The molecule has 1 spiro atoms. The summed E-state index contributed by atoms with van der Waals surface area (Å²) in [5.74, 6) is 2.52. The number of hydrogen-bond acceptors (Lipinski definition) is 4. The molecule has 104 valence electrons. The Labute approximate surface area is 114 Å². The summed E-state index contributed by atoms with van der Waals surface area (Å²) in [4.78, 5) is 5.87. The molecule has 0 amide bonds. The van der Waals surface area contributed by atoms with Gasteiger partial charge in [0.1, 0.15) is 0 Å². The smallest absolute Gasteiger partial charge is 0.0790 e. The third-order valence-corrected chi connectivity index (χ3v) is 5.59. The van der Waals surface area contributed by atoms with Gasteiger partial charge in [0.25, 0.3) is 0 Å². The van der Waals surface area contributed by atoms with Gasteiger partial charge in [0.15, 0.2) is 0 Å². The lowest BCUT2D eigenvalue weighted by Crippen LogP contribution is -2.49. The van der Waals surface area contributed by atoms with Gasteiger partial charge in [-0.05, 0) is 50.0 Å². The van der Waals surface area contributed by atoms with Gasteiger partial charge >= 0.3 is 0 Å². The zero-order valence-corrected chi connectivity index (χ0v) is 12.0. The summed E-state index contributed by atoms with van der Waals surface area (Å²) in [6.45, 7) is 0.899. The second kappa shape index (κ2) is 6.12. The normalized spacial score (nSPS) is 33.0. The maximum Gasteiger partial charge on any atom is 0.0790 e. The highest BCUT2D eigenvalue weighted by atomic mass is 32.2. The molecule has 2 heterocycles. The van der Waals surface area contributed by atoms with Crippen LogP contribution < -0.4 is 5.48 Å². The summed E-state index contributed by atoms with van der Waals surface area (Å²) in [6, 6.07) is 0.502. The fourth-order valence-electron chi connectivity index (χ4n) is 3.42. The van der Waals surface area contributed by atoms with Crippen LogP contribution in [0.15, 0.2) is 0 Å². The van der Waals surface area contributed by atoms with Gasteiger partial charge in [-0.1, -0.05) is 12.8 Å². The molecule has 2 aliphatic heterocycles. The van der Waals surface area contributed by atoms with Crippen LogP contribution in [0.2, 0.25) is 0 Å². The standard InChI is InChI=1S/C14H25NO2S/c1-2-4-13(3-1)17-15-12-5-8-16-14(11-12)6-9-18-10-7-14/h12-13,15H,1-11H2. The fraction of sp³-hybridized carbons (Fsp3) is 1.00. The predicted octanol–water partition coefficient (Wildman–Crippen LogP) is 2.90. The molecule has 1 N–H and O–H groups in total. The van der Waals surface area contributed by atoms with Crippen molar-refractivity contribution in [3.05, 3.63) is 0 Å². The maximum atomic E-state index is 6.10. The minimum atomic E-state index is 0.167. The van der Waals surface area contributed by atoms with Crippen molar-refractivity contribution in [1.29, 1.82) is 0 Å². The second-order valence-corrected chi connectivity index (χ2v) is 7.20. The Balaban J connectivity index is 1.47. The topological polar surface area (TPSA) is 30.5 Å². The van der Waals surface area contributed by atoms with Crippen LogP contribution in [0.1, 0.15) is 51.4 Å². The first-order chi connectivity index (χ1) is 8.86. The van der Waals surface area contributed by atoms with E-state index >= 15 is 0 Å². The molecule has 0 aromatic carbocycles. The molecule has 0 radical (unpaired) electrons. The van der Waals surface area contributed by atoms with Crippen molar-refractivity contribution >= 4 is 11.8 Å². The average molecular weight is 271 g/mol. The van der Waals surface area contributed by atoms with E-state index in [2.05, 4.69) is 17.2 Å². The minimum Gasteiger partial charge on any atom is -0.375 e. The molecule has 18 heavy (non-hydrogen) atoms. The van der Waals surface area contributed by atoms with Crippen LogP contribution in [0, 0.1) is 0 Å². The van der Waals surface area contributed by atoms with E-state index in [0.717, 1.165) is 19.4 Å². The van der Waals surface area contributed by atoms with Crippen LogP contribution in [0.5, 0.6) is 0 Å². The largest absolute Gasteiger partial charge is 0.375 e. The summed E-state index contributed by atoms with van der Waals surface area (Å²) in [5, 5.41) is 0. The van der Waals surface area contributed by atoms with Gasteiger partial charge in [0, 0.05) is 12.6 Å². The minimum absolute atomic E-state index is 0.167. The van der Waals surface area contributed by atoms with Gasteiger partial charge in [0.2, 0.25) is 0 Å². The Morgan fingerprint density at radius 3 is 2.67 bits per heavy atom. The lowest BCUT2D eigenvalue weighted by molar-refractivity contribution is -0.126. The van der Waals surface area contributed by atoms with Crippen molar-refractivity contribution in [2.24, 2.45) is 0 Å². The van der Waals surface area contributed by atoms with E-state index in [9.17, 15) is 0 Å². The summed E-state index contributed by atoms with van der Waals surface area (Å²) < 4.78 is 6.10. The van der Waals surface area contributed by atoms with Crippen LogP contribution in [0.25, 0.3) is 0 Å². The third kappa shape index (κ3) is 3.21. The Morgan fingerprint density at radius 2 is 1.89 bits per heavy atom. The summed E-state index contributed by atoms with van der Waals surface area (Å²) >= 11 is 2.07. The molecule has 3 nitrogen and oxygen atoms in total. The zero-order valence-electron chi connectivity index (χ0n) is 11.2.